The van der Waals surface area contributed by atoms with Gasteiger partial charge in [0.1, 0.15) is 5.75 Å². The van der Waals surface area contributed by atoms with E-state index in [1.54, 1.807) is 24.3 Å². The second-order valence-corrected chi connectivity index (χ2v) is 5.36. The van der Waals surface area contributed by atoms with E-state index in [-0.39, 0.29) is 17.9 Å². The molecule has 1 fully saturated rings. The van der Waals surface area contributed by atoms with Gasteiger partial charge in [-0.3, -0.25) is 4.79 Å². The van der Waals surface area contributed by atoms with Crippen LogP contribution in [-0.2, 0) is 4.79 Å². The molecule has 1 saturated carbocycles. The van der Waals surface area contributed by atoms with Crippen molar-refractivity contribution in [3.05, 3.63) is 29.3 Å². The van der Waals surface area contributed by atoms with Crippen molar-refractivity contribution in [2.75, 3.05) is 19.0 Å². The van der Waals surface area contributed by atoms with Crippen LogP contribution in [-0.4, -0.2) is 24.9 Å². The lowest BCUT2D eigenvalue weighted by Crippen LogP contribution is -2.34. The number of hydrogen-bond acceptors (Lipinski definition) is 2. The Hall–Kier alpha value is -0.930. The molecule has 5 heteroatoms. The summed E-state index contributed by atoms with van der Waals surface area (Å²) in [5, 5.41) is 3.49. The summed E-state index contributed by atoms with van der Waals surface area (Å²) in [7, 11) is 0. The van der Waals surface area contributed by atoms with E-state index >= 15 is 0 Å². The van der Waals surface area contributed by atoms with Crippen LogP contribution in [0.25, 0.3) is 0 Å². The molecule has 1 aromatic carbocycles. The maximum atomic E-state index is 11.6. The summed E-state index contributed by atoms with van der Waals surface area (Å²) < 4.78 is 5.34. The van der Waals surface area contributed by atoms with E-state index in [0.29, 0.717) is 23.2 Å². The Morgan fingerprint density at radius 2 is 2.00 bits per heavy atom. The van der Waals surface area contributed by atoms with Crippen LogP contribution in [0, 0.1) is 5.41 Å². The number of hydrogen-bond donors (Lipinski definition) is 1. The summed E-state index contributed by atoms with van der Waals surface area (Å²) in [6.07, 6.45) is 2.18. The van der Waals surface area contributed by atoms with Crippen LogP contribution in [0.3, 0.4) is 0 Å². The van der Waals surface area contributed by atoms with Crippen molar-refractivity contribution in [3.8, 4) is 5.75 Å². The van der Waals surface area contributed by atoms with E-state index in [2.05, 4.69) is 5.32 Å². The minimum absolute atomic E-state index is 0.0139. The summed E-state index contributed by atoms with van der Waals surface area (Å²) in [5.74, 6) is 1.11. The van der Waals surface area contributed by atoms with Crippen LogP contribution in [0.1, 0.15) is 12.8 Å². The van der Waals surface area contributed by atoms with Gasteiger partial charge in [-0.25, -0.2) is 0 Å². The zero-order valence-electron chi connectivity index (χ0n) is 9.92. The summed E-state index contributed by atoms with van der Waals surface area (Å²) in [6.45, 7) is 0.652. The highest BCUT2D eigenvalue weighted by Gasteiger charge is 2.41. The SMILES string of the molecule is O=C(COc1ccc(Cl)cc1)NCC1(CCl)CC1. The Morgan fingerprint density at radius 3 is 2.56 bits per heavy atom. The standard InChI is InChI=1S/C13H15Cl2NO2/c14-8-13(5-6-13)9-16-12(17)7-18-11-3-1-10(15)2-4-11/h1-4H,5-9H2,(H,16,17). The Kier molecular flexibility index (Phi) is 4.36. The molecule has 0 aromatic heterocycles. The Morgan fingerprint density at radius 1 is 1.33 bits per heavy atom. The Labute approximate surface area is 116 Å². The second-order valence-electron chi connectivity index (χ2n) is 4.65. The van der Waals surface area contributed by atoms with Crippen molar-refractivity contribution in [1.29, 1.82) is 0 Å². The topological polar surface area (TPSA) is 38.3 Å². The molecule has 0 radical (unpaired) electrons. The second kappa shape index (κ2) is 5.81. The highest BCUT2D eigenvalue weighted by atomic mass is 35.5. The predicted molar refractivity (Wildman–Crippen MR) is 72.3 cm³/mol. The fourth-order valence-corrected chi connectivity index (χ4v) is 2.04. The van der Waals surface area contributed by atoms with Gasteiger partial charge in [0.05, 0.1) is 0 Å². The van der Waals surface area contributed by atoms with Crippen LogP contribution in [0.4, 0.5) is 0 Å². The molecule has 2 rings (SSSR count). The fraction of sp³-hybridized carbons (Fsp3) is 0.462. The molecular weight excluding hydrogens is 273 g/mol. The summed E-state index contributed by atoms with van der Waals surface area (Å²) in [4.78, 5) is 11.6. The average Bonchev–Trinajstić information content (AvgIpc) is 3.16. The molecule has 1 aromatic rings. The van der Waals surface area contributed by atoms with E-state index in [4.69, 9.17) is 27.9 Å². The maximum absolute atomic E-state index is 11.6. The van der Waals surface area contributed by atoms with Crippen molar-refractivity contribution in [3.63, 3.8) is 0 Å². The van der Waals surface area contributed by atoms with Crippen LogP contribution in [0.5, 0.6) is 5.75 Å². The number of amides is 1. The number of alkyl halides is 1. The fourth-order valence-electron chi connectivity index (χ4n) is 1.55. The minimum Gasteiger partial charge on any atom is -0.484 e. The van der Waals surface area contributed by atoms with Crippen LogP contribution in [0.2, 0.25) is 5.02 Å². The van der Waals surface area contributed by atoms with Gasteiger partial charge >= 0.3 is 0 Å². The molecule has 1 aliphatic carbocycles. The highest BCUT2D eigenvalue weighted by Crippen LogP contribution is 2.45. The third-order valence-electron chi connectivity index (χ3n) is 3.08. The van der Waals surface area contributed by atoms with Gasteiger partial charge in [-0.15, -0.1) is 11.6 Å². The third kappa shape index (κ3) is 3.79. The normalized spacial score (nSPS) is 16.1. The average molecular weight is 288 g/mol. The quantitative estimate of drug-likeness (QED) is 0.817. The highest BCUT2D eigenvalue weighted by molar-refractivity contribution is 6.30. The lowest BCUT2D eigenvalue weighted by atomic mass is 10.1. The van der Waals surface area contributed by atoms with Crippen molar-refractivity contribution < 1.29 is 9.53 Å². The number of benzene rings is 1. The first-order chi connectivity index (χ1) is 8.63. The van der Waals surface area contributed by atoms with E-state index in [1.165, 1.54) is 0 Å². The van der Waals surface area contributed by atoms with E-state index in [1.807, 2.05) is 0 Å². The molecule has 1 amide bonds. The minimum atomic E-state index is -0.124. The molecule has 1 N–H and O–H groups in total. The molecular formula is C13H15Cl2NO2. The molecule has 0 spiro atoms. The lowest BCUT2D eigenvalue weighted by Gasteiger charge is -2.12. The zero-order valence-corrected chi connectivity index (χ0v) is 11.4. The number of rotatable bonds is 6. The summed E-state index contributed by atoms with van der Waals surface area (Å²) in [6, 6.07) is 6.91. The smallest absolute Gasteiger partial charge is 0.257 e. The summed E-state index contributed by atoms with van der Waals surface area (Å²) >= 11 is 11.6. The van der Waals surface area contributed by atoms with Crippen LogP contribution in [0.15, 0.2) is 24.3 Å². The number of carbonyl (C=O) groups is 1. The first-order valence-corrected chi connectivity index (χ1v) is 6.76. The van der Waals surface area contributed by atoms with Crippen molar-refractivity contribution in [2.24, 2.45) is 5.41 Å². The van der Waals surface area contributed by atoms with Crippen LogP contribution >= 0.6 is 23.2 Å². The van der Waals surface area contributed by atoms with Gasteiger partial charge in [0.25, 0.3) is 5.91 Å². The van der Waals surface area contributed by atoms with Gasteiger partial charge in [0, 0.05) is 22.9 Å². The number of nitrogens with one attached hydrogen (secondary N) is 1. The van der Waals surface area contributed by atoms with Gasteiger partial charge in [0.15, 0.2) is 6.61 Å². The van der Waals surface area contributed by atoms with Gasteiger partial charge in [-0.1, -0.05) is 11.6 Å². The molecule has 0 aliphatic heterocycles. The molecule has 0 atom stereocenters. The predicted octanol–water partition coefficient (Wildman–Crippen LogP) is 2.85. The molecule has 0 saturated heterocycles. The van der Waals surface area contributed by atoms with E-state index in [0.717, 1.165) is 12.8 Å². The largest absolute Gasteiger partial charge is 0.484 e. The molecule has 98 valence electrons. The molecule has 0 bridgehead atoms. The molecule has 0 heterocycles. The molecule has 18 heavy (non-hydrogen) atoms. The number of carbonyl (C=O) groups excluding carboxylic acids is 1. The van der Waals surface area contributed by atoms with Gasteiger partial charge in [-0.05, 0) is 37.1 Å². The third-order valence-corrected chi connectivity index (χ3v) is 3.90. The first-order valence-electron chi connectivity index (χ1n) is 5.85. The van der Waals surface area contributed by atoms with Crippen LogP contribution < -0.4 is 10.1 Å². The van der Waals surface area contributed by atoms with Gasteiger partial charge < -0.3 is 10.1 Å². The van der Waals surface area contributed by atoms with E-state index < -0.39 is 0 Å². The van der Waals surface area contributed by atoms with Crippen molar-refractivity contribution >= 4 is 29.1 Å². The first kappa shape index (κ1) is 13.5. The molecule has 0 unspecified atom stereocenters. The zero-order chi connectivity index (χ0) is 13.0. The van der Waals surface area contributed by atoms with E-state index in [9.17, 15) is 4.79 Å². The van der Waals surface area contributed by atoms with Gasteiger partial charge in [0.2, 0.25) is 0 Å². The maximum Gasteiger partial charge on any atom is 0.257 e. The summed E-state index contributed by atoms with van der Waals surface area (Å²) in [5.41, 5.74) is 0.136. The Balaban J connectivity index is 1.70. The molecule has 1 aliphatic rings. The van der Waals surface area contributed by atoms with Gasteiger partial charge in [-0.2, -0.15) is 0 Å². The lowest BCUT2D eigenvalue weighted by molar-refractivity contribution is -0.123. The number of halogens is 2. The van der Waals surface area contributed by atoms with Crippen molar-refractivity contribution in [1.82, 2.24) is 5.32 Å². The number of ether oxygens (including phenoxy) is 1. The van der Waals surface area contributed by atoms with Crippen molar-refractivity contribution in [2.45, 2.75) is 12.8 Å². The monoisotopic (exact) mass is 287 g/mol. The Bertz CT molecular complexity index is 416. The molecule has 3 nitrogen and oxygen atoms in total.